The zero-order valence-corrected chi connectivity index (χ0v) is 22.9. The van der Waals surface area contributed by atoms with Gasteiger partial charge in [-0.2, -0.15) is 0 Å². The third kappa shape index (κ3) is 5.69. The van der Waals surface area contributed by atoms with E-state index >= 15 is 0 Å². The van der Waals surface area contributed by atoms with Crippen molar-refractivity contribution >= 4 is 23.0 Å². The third-order valence-corrected chi connectivity index (χ3v) is 7.69. The lowest BCUT2D eigenvalue weighted by Crippen LogP contribution is -2.53. The molecule has 2 fully saturated rings. The van der Waals surface area contributed by atoms with Crippen LogP contribution in [0.25, 0.3) is 22.3 Å². The first-order valence-electron chi connectivity index (χ1n) is 13.6. The minimum Gasteiger partial charge on any atom is -0.492 e. The van der Waals surface area contributed by atoms with Gasteiger partial charge in [-0.3, -0.25) is 4.79 Å². The maximum atomic E-state index is 14.1. The van der Waals surface area contributed by atoms with Gasteiger partial charge in [0.2, 0.25) is 0 Å². The van der Waals surface area contributed by atoms with Crippen LogP contribution in [0.1, 0.15) is 75.3 Å². The van der Waals surface area contributed by atoms with E-state index < -0.39 is 11.6 Å². The van der Waals surface area contributed by atoms with Crippen molar-refractivity contribution in [1.82, 2.24) is 25.2 Å². The molecule has 2 amide bonds. The summed E-state index contributed by atoms with van der Waals surface area (Å²) in [6.45, 7) is 8.06. The van der Waals surface area contributed by atoms with E-state index in [4.69, 9.17) is 4.74 Å². The molecule has 3 aromatic rings. The van der Waals surface area contributed by atoms with E-state index in [2.05, 4.69) is 20.3 Å². The Morgan fingerprint density at radius 1 is 1.15 bits per heavy atom. The number of aromatic amines is 1. The van der Waals surface area contributed by atoms with Crippen molar-refractivity contribution in [3.8, 4) is 17.0 Å². The number of benzene rings is 1. The number of nitrogens with one attached hydrogen (secondary N) is 2. The lowest BCUT2D eigenvalue weighted by Gasteiger charge is -2.42. The number of carbonyl (C=O) groups excluding carboxylic acids is 1. The second-order valence-corrected chi connectivity index (χ2v) is 11.8. The van der Waals surface area contributed by atoms with Gasteiger partial charge in [0.15, 0.2) is 0 Å². The fraction of sp³-hybridized carbons (Fsp3) is 0.517. The van der Waals surface area contributed by atoms with Crippen LogP contribution in [0.2, 0.25) is 0 Å². The zero-order chi connectivity index (χ0) is 27.9. The van der Waals surface area contributed by atoms with Gasteiger partial charge in [-0.1, -0.05) is 0 Å². The van der Waals surface area contributed by atoms with Crippen molar-refractivity contribution in [2.45, 2.75) is 83.8 Å². The molecule has 5 rings (SSSR count). The highest BCUT2D eigenvalue weighted by molar-refractivity contribution is 6.09. The van der Waals surface area contributed by atoms with Gasteiger partial charge in [-0.05, 0) is 84.3 Å². The Morgan fingerprint density at radius 3 is 2.51 bits per heavy atom. The van der Waals surface area contributed by atoms with Crippen molar-refractivity contribution in [2.75, 3.05) is 6.61 Å². The normalized spacial score (nSPS) is 19.6. The average molecular weight is 538 g/mol. The number of aryl methyl sites for hydroxylation is 1. The summed E-state index contributed by atoms with van der Waals surface area (Å²) in [4.78, 5) is 39.0. The number of H-pyrrole nitrogens is 1. The average Bonchev–Trinajstić information content (AvgIpc) is 3.62. The number of amides is 2. The number of hydrogen-bond acceptors (Lipinski definition) is 5. The number of aromatic nitrogens is 3. The molecule has 0 unspecified atom stereocenters. The molecule has 208 valence electrons. The third-order valence-electron chi connectivity index (χ3n) is 7.69. The van der Waals surface area contributed by atoms with Crippen LogP contribution in [0.3, 0.4) is 0 Å². The highest BCUT2D eigenvalue weighted by Gasteiger charge is 2.36. The molecule has 2 heterocycles. The summed E-state index contributed by atoms with van der Waals surface area (Å²) in [5.74, 6) is 0.302. The summed E-state index contributed by atoms with van der Waals surface area (Å²) in [6.07, 6.45) is 5.48. The van der Waals surface area contributed by atoms with Crippen molar-refractivity contribution in [2.24, 2.45) is 5.92 Å². The van der Waals surface area contributed by atoms with Crippen LogP contribution in [0, 0.1) is 18.7 Å². The fourth-order valence-corrected chi connectivity index (χ4v) is 5.63. The van der Waals surface area contributed by atoms with E-state index in [0.29, 0.717) is 77.5 Å². The molecule has 0 atom stereocenters. The molecule has 2 aliphatic carbocycles. The second kappa shape index (κ2) is 10.5. The van der Waals surface area contributed by atoms with Gasteiger partial charge in [0.1, 0.15) is 29.1 Å². The largest absolute Gasteiger partial charge is 0.492 e. The van der Waals surface area contributed by atoms with E-state index in [1.54, 1.807) is 6.07 Å². The fourth-order valence-electron chi connectivity index (χ4n) is 5.63. The van der Waals surface area contributed by atoms with Gasteiger partial charge in [0.25, 0.3) is 5.91 Å². The Bertz CT molecular complexity index is 1390. The standard InChI is InChI=1S/C29H36FN5O4/c1-16-23(27(36)34-19-8-10-20(11-9-19)35(28(37)38)29(2,3)4)25-26(33-16)24(31-15-32-25)21-12-7-18(30)13-22(21)39-14-17-5-6-17/h7,12-13,15,17,19-20,33H,5-6,8-11,14H2,1-4H3,(H,34,36)(H,37,38)/t19-,20+. The Labute approximate surface area is 227 Å². The van der Waals surface area contributed by atoms with Crippen LogP contribution in [0.5, 0.6) is 5.75 Å². The molecule has 39 heavy (non-hydrogen) atoms. The summed E-state index contributed by atoms with van der Waals surface area (Å²) >= 11 is 0. The molecule has 0 spiro atoms. The number of hydrogen-bond donors (Lipinski definition) is 3. The van der Waals surface area contributed by atoms with Crippen LogP contribution in [-0.4, -0.2) is 61.2 Å². The van der Waals surface area contributed by atoms with E-state index in [1.165, 1.54) is 23.4 Å². The molecule has 9 nitrogen and oxygen atoms in total. The molecule has 3 N–H and O–H groups in total. The molecular formula is C29H36FN5O4. The summed E-state index contributed by atoms with van der Waals surface area (Å²) < 4.78 is 20.0. The van der Waals surface area contributed by atoms with E-state index in [9.17, 15) is 19.1 Å². The molecule has 0 radical (unpaired) electrons. The summed E-state index contributed by atoms with van der Waals surface area (Å²) in [7, 11) is 0. The Hall–Kier alpha value is -3.69. The van der Waals surface area contributed by atoms with E-state index in [0.717, 1.165) is 12.8 Å². The highest BCUT2D eigenvalue weighted by atomic mass is 19.1. The number of carbonyl (C=O) groups is 2. The van der Waals surface area contributed by atoms with Gasteiger partial charge in [0, 0.05) is 34.9 Å². The first-order chi connectivity index (χ1) is 18.5. The number of halogens is 1. The minimum atomic E-state index is -0.915. The first-order valence-corrected chi connectivity index (χ1v) is 13.6. The molecule has 0 saturated heterocycles. The Balaban J connectivity index is 1.35. The van der Waals surface area contributed by atoms with Crippen LogP contribution < -0.4 is 10.1 Å². The number of carboxylic acid groups (broad SMARTS) is 1. The molecule has 2 aliphatic rings. The van der Waals surface area contributed by atoms with Crippen LogP contribution >= 0.6 is 0 Å². The van der Waals surface area contributed by atoms with E-state index in [1.807, 2.05) is 27.7 Å². The predicted molar refractivity (Wildman–Crippen MR) is 145 cm³/mol. The molecular weight excluding hydrogens is 501 g/mol. The number of nitrogens with zero attached hydrogens (tertiary/aromatic N) is 3. The molecule has 2 aromatic heterocycles. The first kappa shape index (κ1) is 26.9. The zero-order valence-electron chi connectivity index (χ0n) is 22.9. The van der Waals surface area contributed by atoms with Crippen molar-refractivity contribution in [3.05, 3.63) is 41.6 Å². The van der Waals surface area contributed by atoms with Crippen LogP contribution in [-0.2, 0) is 0 Å². The Morgan fingerprint density at radius 2 is 1.87 bits per heavy atom. The molecule has 10 heteroatoms. The van der Waals surface area contributed by atoms with Gasteiger partial charge in [0.05, 0.1) is 17.7 Å². The molecule has 0 aliphatic heterocycles. The van der Waals surface area contributed by atoms with Crippen LogP contribution in [0.4, 0.5) is 9.18 Å². The summed E-state index contributed by atoms with van der Waals surface area (Å²) in [5, 5.41) is 12.9. The predicted octanol–water partition coefficient (Wildman–Crippen LogP) is 5.68. The smallest absolute Gasteiger partial charge is 0.407 e. The van der Waals surface area contributed by atoms with E-state index in [-0.39, 0.29) is 23.8 Å². The molecule has 0 bridgehead atoms. The Kier molecular flexibility index (Phi) is 7.22. The van der Waals surface area contributed by atoms with Crippen molar-refractivity contribution in [3.63, 3.8) is 0 Å². The topological polar surface area (TPSA) is 120 Å². The number of rotatable bonds is 7. The molecule has 2 saturated carbocycles. The second-order valence-electron chi connectivity index (χ2n) is 11.8. The maximum Gasteiger partial charge on any atom is 0.407 e. The maximum absolute atomic E-state index is 14.1. The SMILES string of the molecule is Cc1[nH]c2c(-c3ccc(F)cc3OCC3CC3)ncnc2c1C(=O)N[C@H]1CC[C@@H](N(C(=O)O)C(C)(C)C)CC1. The quantitative estimate of drug-likeness (QED) is 0.357. The highest BCUT2D eigenvalue weighted by Crippen LogP contribution is 2.37. The minimum absolute atomic E-state index is 0.0606. The lowest BCUT2D eigenvalue weighted by atomic mass is 9.88. The summed E-state index contributed by atoms with van der Waals surface area (Å²) in [5.41, 5.74) is 2.88. The van der Waals surface area contributed by atoms with Crippen molar-refractivity contribution < 1.29 is 23.8 Å². The summed E-state index contributed by atoms with van der Waals surface area (Å²) in [6, 6.07) is 4.25. The van der Waals surface area contributed by atoms with Gasteiger partial charge in [-0.25, -0.2) is 19.2 Å². The van der Waals surface area contributed by atoms with Crippen LogP contribution in [0.15, 0.2) is 24.5 Å². The lowest BCUT2D eigenvalue weighted by molar-refractivity contribution is 0.0520. The van der Waals surface area contributed by atoms with Gasteiger partial charge in [-0.15, -0.1) is 0 Å². The monoisotopic (exact) mass is 537 g/mol. The number of ether oxygens (including phenoxy) is 1. The number of fused-ring (bicyclic) bond motifs is 1. The van der Waals surface area contributed by atoms with Crippen molar-refractivity contribution in [1.29, 1.82) is 0 Å². The van der Waals surface area contributed by atoms with Gasteiger partial charge >= 0.3 is 6.09 Å². The molecule has 1 aromatic carbocycles. The van der Waals surface area contributed by atoms with Gasteiger partial charge < -0.3 is 25.0 Å².